The van der Waals surface area contributed by atoms with Crippen LogP contribution in [-0.4, -0.2) is 58.8 Å². The van der Waals surface area contributed by atoms with Gasteiger partial charge in [0.2, 0.25) is 0 Å². The molecule has 1 aliphatic rings. The van der Waals surface area contributed by atoms with Crippen molar-refractivity contribution in [1.29, 1.82) is 0 Å². The number of likely N-dealkylation sites (N-methyl/N-ethyl adjacent to an activating group) is 1. The number of thiazole rings is 1. The molecule has 3 aromatic rings. The van der Waals surface area contributed by atoms with Crippen molar-refractivity contribution in [3.63, 3.8) is 0 Å². The summed E-state index contributed by atoms with van der Waals surface area (Å²) in [5.74, 6) is -0.419. The number of aryl methyl sites for hydroxylation is 1. The molecule has 3 N–H and O–H groups in total. The molecular formula is C26H34N6O2S. The Kier molecular flexibility index (Phi) is 7.66. The number of fused-ring (bicyclic) bond motifs is 1. The number of nitrogens with one attached hydrogen (secondary N) is 1. The Bertz CT molecular complexity index is 1220. The molecule has 186 valence electrons. The fraction of sp³-hybridized carbons (Fsp3) is 0.462. The molecule has 2 atom stereocenters. The summed E-state index contributed by atoms with van der Waals surface area (Å²) in [5.41, 5.74) is 9.16. The Morgan fingerprint density at radius 1 is 1.26 bits per heavy atom. The fourth-order valence-electron chi connectivity index (χ4n) is 4.54. The van der Waals surface area contributed by atoms with E-state index in [1.807, 2.05) is 6.92 Å². The molecule has 0 aliphatic carbocycles. The third kappa shape index (κ3) is 5.79. The summed E-state index contributed by atoms with van der Waals surface area (Å²) < 4.78 is 1.14. The first-order chi connectivity index (χ1) is 16.7. The number of pyridine rings is 1. The standard InChI is InChI=1S/C26H34N6O2S/c1-5-17-12-19(14-28-24(17)27)29-25(33)26(34)32-15-16(2)6-8-21(32)18-7-9-22-20(13-18)30-23(35-22)10-11-31(3)4/h7,9,12-14,16,21H,5-6,8,10-11,15H2,1-4H3,(H2,27,28)(H,29,33)/t16-,21+/m0/s1. The second kappa shape index (κ2) is 10.7. The Hall–Kier alpha value is -3.04. The predicted octanol–water partition coefficient (Wildman–Crippen LogP) is 3.88. The number of nitrogens with zero attached hydrogens (tertiary/aromatic N) is 4. The van der Waals surface area contributed by atoms with Crippen LogP contribution in [0.4, 0.5) is 11.5 Å². The lowest BCUT2D eigenvalue weighted by Gasteiger charge is -2.38. The van der Waals surface area contributed by atoms with Crippen LogP contribution in [0.5, 0.6) is 0 Å². The molecule has 1 saturated heterocycles. The van der Waals surface area contributed by atoms with Gasteiger partial charge in [-0.05, 0) is 68.6 Å². The number of aromatic nitrogens is 2. The van der Waals surface area contributed by atoms with Gasteiger partial charge in [-0.1, -0.05) is 19.9 Å². The summed E-state index contributed by atoms with van der Waals surface area (Å²) in [7, 11) is 4.12. The Balaban J connectivity index is 1.54. The molecule has 0 spiro atoms. The molecule has 8 nitrogen and oxygen atoms in total. The number of piperidine rings is 1. The van der Waals surface area contributed by atoms with Gasteiger partial charge in [-0.2, -0.15) is 0 Å². The summed E-state index contributed by atoms with van der Waals surface area (Å²) in [5, 5.41) is 3.83. The van der Waals surface area contributed by atoms with Crippen molar-refractivity contribution in [1.82, 2.24) is 19.8 Å². The Morgan fingerprint density at radius 3 is 2.80 bits per heavy atom. The van der Waals surface area contributed by atoms with Crippen LogP contribution in [0.15, 0.2) is 30.5 Å². The van der Waals surface area contributed by atoms with Gasteiger partial charge in [0.15, 0.2) is 0 Å². The number of carbonyl (C=O) groups is 2. The molecule has 4 rings (SSSR count). The molecule has 0 bridgehead atoms. The smallest absolute Gasteiger partial charge is 0.313 e. The van der Waals surface area contributed by atoms with Crippen molar-refractivity contribution >= 4 is 44.9 Å². The summed E-state index contributed by atoms with van der Waals surface area (Å²) in [6.07, 6.45) is 4.90. The van der Waals surface area contributed by atoms with Crippen molar-refractivity contribution in [2.75, 3.05) is 38.2 Å². The minimum absolute atomic E-state index is 0.156. The number of amides is 2. The maximum Gasteiger partial charge on any atom is 0.313 e. The molecule has 35 heavy (non-hydrogen) atoms. The number of likely N-dealkylation sites (tertiary alicyclic amines) is 1. The monoisotopic (exact) mass is 494 g/mol. The van der Waals surface area contributed by atoms with E-state index < -0.39 is 11.8 Å². The van der Waals surface area contributed by atoms with Crippen LogP contribution < -0.4 is 11.1 Å². The first-order valence-corrected chi connectivity index (χ1v) is 13.0. The van der Waals surface area contributed by atoms with Gasteiger partial charge in [0.05, 0.1) is 33.2 Å². The number of hydrogen-bond acceptors (Lipinski definition) is 7. The van der Waals surface area contributed by atoms with Crippen LogP contribution in [0.2, 0.25) is 0 Å². The Morgan fingerprint density at radius 2 is 2.06 bits per heavy atom. The molecule has 1 aliphatic heterocycles. The van der Waals surface area contributed by atoms with Crippen molar-refractivity contribution in [3.05, 3.63) is 46.6 Å². The summed E-state index contributed by atoms with van der Waals surface area (Å²) in [4.78, 5) is 39.1. The number of rotatable bonds is 6. The van der Waals surface area contributed by atoms with Gasteiger partial charge >= 0.3 is 11.8 Å². The Labute approximate surface area is 210 Å². The predicted molar refractivity (Wildman–Crippen MR) is 141 cm³/mol. The molecule has 9 heteroatoms. The number of nitrogens with two attached hydrogens (primary N) is 1. The molecule has 0 saturated carbocycles. The van der Waals surface area contributed by atoms with Crippen LogP contribution in [-0.2, 0) is 22.4 Å². The highest BCUT2D eigenvalue weighted by atomic mass is 32.1. The van der Waals surface area contributed by atoms with Gasteiger partial charge in [-0.3, -0.25) is 9.59 Å². The summed E-state index contributed by atoms with van der Waals surface area (Å²) in [6, 6.07) is 7.87. The highest BCUT2D eigenvalue weighted by molar-refractivity contribution is 7.18. The maximum atomic E-state index is 13.3. The van der Waals surface area contributed by atoms with E-state index in [1.54, 1.807) is 22.3 Å². The van der Waals surface area contributed by atoms with Crippen molar-refractivity contribution in [2.24, 2.45) is 5.92 Å². The van der Waals surface area contributed by atoms with Crippen molar-refractivity contribution in [3.8, 4) is 0 Å². The average molecular weight is 495 g/mol. The van der Waals surface area contributed by atoms with E-state index in [-0.39, 0.29) is 6.04 Å². The van der Waals surface area contributed by atoms with Crippen molar-refractivity contribution in [2.45, 2.75) is 45.6 Å². The normalized spacial score (nSPS) is 18.3. The fourth-order valence-corrected chi connectivity index (χ4v) is 5.47. The first-order valence-electron chi connectivity index (χ1n) is 12.2. The lowest BCUT2D eigenvalue weighted by atomic mass is 9.89. The van der Waals surface area contributed by atoms with Gasteiger partial charge < -0.3 is 20.9 Å². The van der Waals surface area contributed by atoms with E-state index in [4.69, 9.17) is 10.7 Å². The number of benzene rings is 1. The van der Waals surface area contributed by atoms with Gasteiger partial charge in [0.1, 0.15) is 5.82 Å². The van der Waals surface area contributed by atoms with Crippen LogP contribution in [0.25, 0.3) is 10.2 Å². The van der Waals surface area contributed by atoms with Gasteiger partial charge in [0.25, 0.3) is 0 Å². The highest BCUT2D eigenvalue weighted by Gasteiger charge is 2.34. The minimum atomic E-state index is -0.654. The average Bonchev–Trinajstić information content (AvgIpc) is 3.25. The first kappa shape index (κ1) is 25.1. The zero-order valence-electron chi connectivity index (χ0n) is 20.9. The van der Waals surface area contributed by atoms with E-state index in [0.717, 1.165) is 52.2 Å². The molecule has 3 heterocycles. The lowest BCUT2D eigenvalue weighted by molar-refractivity contribution is -0.146. The second-order valence-electron chi connectivity index (χ2n) is 9.62. The van der Waals surface area contributed by atoms with Crippen LogP contribution >= 0.6 is 11.3 Å². The van der Waals surface area contributed by atoms with Crippen molar-refractivity contribution < 1.29 is 9.59 Å². The van der Waals surface area contributed by atoms with E-state index in [1.165, 1.54) is 6.20 Å². The molecule has 0 unspecified atom stereocenters. The van der Waals surface area contributed by atoms with E-state index in [9.17, 15) is 9.59 Å². The van der Waals surface area contributed by atoms with Gasteiger partial charge in [-0.15, -0.1) is 11.3 Å². The van der Waals surface area contributed by atoms with Gasteiger partial charge in [0, 0.05) is 19.5 Å². The van der Waals surface area contributed by atoms with E-state index in [0.29, 0.717) is 30.4 Å². The molecule has 2 amide bonds. The third-order valence-corrected chi connectivity index (χ3v) is 7.62. The van der Waals surface area contributed by atoms with Crippen LogP contribution in [0.3, 0.4) is 0 Å². The molecule has 2 aromatic heterocycles. The molecule has 0 radical (unpaired) electrons. The zero-order valence-corrected chi connectivity index (χ0v) is 21.7. The number of carbonyl (C=O) groups excluding carboxylic acids is 2. The topological polar surface area (TPSA) is 104 Å². The number of nitrogen functional groups attached to an aromatic ring is 1. The molecule has 1 aromatic carbocycles. The lowest BCUT2D eigenvalue weighted by Crippen LogP contribution is -2.46. The highest BCUT2D eigenvalue weighted by Crippen LogP contribution is 2.35. The van der Waals surface area contributed by atoms with E-state index in [2.05, 4.69) is 54.4 Å². The van der Waals surface area contributed by atoms with Crippen LogP contribution in [0.1, 0.15) is 48.9 Å². The zero-order chi connectivity index (χ0) is 25.1. The number of anilines is 2. The minimum Gasteiger partial charge on any atom is -0.383 e. The number of hydrogen-bond donors (Lipinski definition) is 2. The quantitative estimate of drug-likeness (QED) is 0.504. The SMILES string of the molecule is CCc1cc(NC(=O)C(=O)N2C[C@@H](C)CC[C@@H]2c2ccc3sc(CCN(C)C)nc3c2)cnc1N. The maximum absolute atomic E-state index is 13.3. The largest absolute Gasteiger partial charge is 0.383 e. The summed E-state index contributed by atoms with van der Waals surface area (Å²) >= 11 is 1.71. The second-order valence-corrected chi connectivity index (χ2v) is 10.7. The third-order valence-electron chi connectivity index (χ3n) is 6.53. The molecule has 1 fully saturated rings. The van der Waals surface area contributed by atoms with E-state index >= 15 is 0 Å². The summed E-state index contributed by atoms with van der Waals surface area (Å²) in [6.45, 7) is 5.58. The van der Waals surface area contributed by atoms with Gasteiger partial charge in [-0.25, -0.2) is 9.97 Å². The van der Waals surface area contributed by atoms with Crippen LogP contribution in [0, 0.1) is 5.92 Å². The molecular weight excluding hydrogens is 460 g/mol.